The number of sulfonamides is 1. The number of nitrogens with zero attached hydrogens (tertiary/aromatic N) is 2. The number of halogens is 4. The van der Waals surface area contributed by atoms with Crippen molar-refractivity contribution in [3.05, 3.63) is 65.5 Å². The SMILES string of the molecule is Cl.O=S(=O)(c1cc(F)ccc1F)N1CCN(Cc2ccc(F)cc2)CC1. The third kappa shape index (κ3) is 4.56. The van der Waals surface area contributed by atoms with Gasteiger partial charge in [-0.15, -0.1) is 12.4 Å². The molecule has 2 aromatic carbocycles. The lowest BCUT2D eigenvalue weighted by atomic mass is 10.2. The minimum absolute atomic E-state index is 0. The van der Waals surface area contributed by atoms with Gasteiger partial charge in [-0.2, -0.15) is 4.31 Å². The molecule has 142 valence electrons. The van der Waals surface area contributed by atoms with Crippen LogP contribution in [0, 0.1) is 17.5 Å². The highest BCUT2D eigenvalue weighted by atomic mass is 35.5. The van der Waals surface area contributed by atoms with Gasteiger partial charge in [-0.3, -0.25) is 4.90 Å². The summed E-state index contributed by atoms with van der Waals surface area (Å²) in [7, 11) is -4.08. The van der Waals surface area contributed by atoms with Crippen molar-refractivity contribution < 1.29 is 21.6 Å². The number of piperazine rings is 1. The first-order valence-corrected chi connectivity index (χ1v) is 9.22. The van der Waals surface area contributed by atoms with Crippen LogP contribution in [0.25, 0.3) is 0 Å². The quantitative estimate of drug-likeness (QED) is 0.783. The first-order valence-electron chi connectivity index (χ1n) is 7.78. The topological polar surface area (TPSA) is 40.6 Å². The smallest absolute Gasteiger partial charge is 0.246 e. The predicted octanol–water partition coefficient (Wildman–Crippen LogP) is 3.03. The summed E-state index contributed by atoms with van der Waals surface area (Å²) in [6, 6.07) is 8.52. The van der Waals surface area contributed by atoms with Gasteiger partial charge in [0.05, 0.1) is 0 Å². The Kier molecular flexibility index (Phi) is 6.68. The van der Waals surface area contributed by atoms with Crippen molar-refractivity contribution in [3.8, 4) is 0 Å². The second-order valence-electron chi connectivity index (χ2n) is 5.88. The molecule has 0 radical (unpaired) electrons. The van der Waals surface area contributed by atoms with Gasteiger partial charge >= 0.3 is 0 Å². The largest absolute Gasteiger partial charge is 0.296 e. The van der Waals surface area contributed by atoms with Crippen LogP contribution in [0.3, 0.4) is 0 Å². The number of benzene rings is 2. The van der Waals surface area contributed by atoms with E-state index in [0.29, 0.717) is 25.7 Å². The molecule has 3 rings (SSSR count). The fraction of sp³-hybridized carbons (Fsp3) is 0.294. The molecule has 0 spiro atoms. The number of rotatable bonds is 4. The van der Waals surface area contributed by atoms with Gasteiger partial charge in [0, 0.05) is 32.7 Å². The van der Waals surface area contributed by atoms with Gasteiger partial charge in [0.15, 0.2) is 0 Å². The number of hydrogen-bond donors (Lipinski definition) is 0. The molecular formula is C17H18ClF3N2O2S. The van der Waals surface area contributed by atoms with Gasteiger partial charge in [0.2, 0.25) is 10.0 Å². The number of hydrogen-bond acceptors (Lipinski definition) is 3. The Morgan fingerprint density at radius 1 is 0.846 bits per heavy atom. The maximum absolute atomic E-state index is 13.8. The monoisotopic (exact) mass is 406 g/mol. The highest BCUT2D eigenvalue weighted by Crippen LogP contribution is 2.22. The third-order valence-corrected chi connectivity index (χ3v) is 6.08. The van der Waals surface area contributed by atoms with Crippen LogP contribution in [0.1, 0.15) is 5.56 Å². The van der Waals surface area contributed by atoms with E-state index in [1.165, 1.54) is 12.1 Å². The molecule has 0 amide bonds. The van der Waals surface area contributed by atoms with Crippen molar-refractivity contribution in [2.75, 3.05) is 26.2 Å². The molecule has 1 aliphatic rings. The Balaban J connectivity index is 0.00000243. The van der Waals surface area contributed by atoms with Crippen LogP contribution in [-0.2, 0) is 16.6 Å². The van der Waals surface area contributed by atoms with E-state index < -0.39 is 26.6 Å². The van der Waals surface area contributed by atoms with Crippen LogP contribution in [-0.4, -0.2) is 43.8 Å². The Bertz CT molecular complexity index is 855. The molecule has 1 saturated heterocycles. The fourth-order valence-electron chi connectivity index (χ4n) is 2.79. The van der Waals surface area contributed by atoms with Gasteiger partial charge in [-0.05, 0) is 35.9 Å². The Morgan fingerprint density at radius 3 is 2.04 bits per heavy atom. The van der Waals surface area contributed by atoms with E-state index in [1.807, 2.05) is 4.90 Å². The first kappa shape index (κ1) is 20.7. The molecule has 0 atom stereocenters. The summed E-state index contributed by atoms with van der Waals surface area (Å²) in [6.07, 6.45) is 0. The maximum Gasteiger partial charge on any atom is 0.246 e. The first-order chi connectivity index (χ1) is 11.9. The van der Waals surface area contributed by atoms with Crippen LogP contribution in [0.4, 0.5) is 13.2 Å². The Hall–Kier alpha value is -1.61. The summed E-state index contributed by atoms with van der Waals surface area (Å²) in [5, 5.41) is 0. The lowest BCUT2D eigenvalue weighted by Crippen LogP contribution is -2.48. The lowest BCUT2D eigenvalue weighted by Gasteiger charge is -2.34. The molecule has 0 unspecified atom stereocenters. The molecule has 1 aliphatic heterocycles. The van der Waals surface area contributed by atoms with Crippen LogP contribution < -0.4 is 0 Å². The molecule has 2 aromatic rings. The van der Waals surface area contributed by atoms with Crippen LogP contribution in [0.15, 0.2) is 47.4 Å². The molecule has 1 heterocycles. The summed E-state index contributed by atoms with van der Waals surface area (Å²) >= 11 is 0. The molecular weight excluding hydrogens is 389 g/mol. The summed E-state index contributed by atoms with van der Waals surface area (Å²) in [4.78, 5) is 1.39. The van der Waals surface area contributed by atoms with E-state index in [9.17, 15) is 21.6 Å². The molecule has 0 saturated carbocycles. The molecule has 0 N–H and O–H groups in total. The van der Waals surface area contributed by atoms with E-state index >= 15 is 0 Å². The Morgan fingerprint density at radius 2 is 1.42 bits per heavy atom. The van der Waals surface area contributed by atoms with E-state index in [2.05, 4.69) is 0 Å². The van der Waals surface area contributed by atoms with E-state index in [4.69, 9.17) is 0 Å². The second-order valence-corrected chi connectivity index (χ2v) is 7.79. The van der Waals surface area contributed by atoms with Crippen molar-refractivity contribution in [2.45, 2.75) is 11.4 Å². The molecule has 0 aliphatic carbocycles. The zero-order valence-electron chi connectivity index (χ0n) is 13.7. The molecule has 0 aromatic heterocycles. The van der Waals surface area contributed by atoms with E-state index in [0.717, 1.165) is 22.0 Å². The molecule has 0 bridgehead atoms. The normalized spacial score (nSPS) is 16.3. The van der Waals surface area contributed by atoms with E-state index in [-0.39, 0.29) is 31.3 Å². The van der Waals surface area contributed by atoms with Gasteiger partial charge < -0.3 is 0 Å². The van der Waals surface area contributed by atoms with Crippen molar-refractivity contribution in [1.29, 1.82) is 0 Å². The minimum Gasteiger partial charge on any atom is -0.296 e. The average molecular weight is 407 g/mol. The molecule has 4 nitrogen and oxygen atoms in total. The Labute approximate surface area is 156 Å². The maximum atomic E-state index is 13.8. The summed E-state index contributed by atoms with van der Waals surface area (Å²) in [6.45, 7) is 1.84. The van der Waals surface area contributed by atoms with Crippen molar-refractivity contribution >= 4 is 22.4 Å². The van der Waals surface area contributed by atoms with E-state index in [1.54, 1.807) is 12.1 Å². The van der Waals surface area contributed by atoms with Crippen molar-refractivity contribution in [2.24, 2.45) is 0 Å². The van der Waals surface area contributed by atoms with Gasteiger partial charge in [0.25, 0.3) is 0 Å². The zero-order valence-corrected chi connectivity index (χ0v) is 15.4. The van der Waals surface area contributed by atoms with Crippen LogP contribution >= 0.6 is 12.4 Å². The molecule has 26 heavy (non-hydrogen) atoms. The standard InChI is InChI=1S/C17H17F3N2O2S.ClH/c18-14-3-1-13(2-4-14)12-21-7-9-22(10-8-21)25(23,24)17-11-15(19)5-6-16(17)20;/h1-6,11H,7-10,12H2;1H. The minimum atomic E-state index is -4.08. The predicted molar refractivity (Wildman–Crippen MR) is 94.0 cm³/mol. The van der Waals surface area contributed by atoms with Crippen molar-refractivity contribution in [1.82, 2.24) is 9.21 Å². The van der Waals surface area contributed by atoms with Crippen molar-refractivity contribution in [3.63, 3.8) is 0 Å². The lowest BCUT2D eigenvalue weighted by molar-refractivity contribution is 0.181. The third-order valence-electron chi connectivity index (χ3n) is 4.16. The summed E-state index contributed by atoms with van der Waals surface area (Å²) in [5.41, 5.74) is 0.925. The van der Waals surface area contributed by atoms with Crippen LogP contribution in [0.2, 0.25) is 0 Å². The average Bonchev–Trinajstić information content (AvgIpc) is 2.59. The summed E-state index contributed by atoms with van der Waals surface area (Å²) in [5.74, 6) is -2.07. The van der Waals surface area contributed by atoms with Gasteiger partial charge in [-0.25, -0.2) is 21.6 Å². The molecule has 1 fully saturated rings. The van der Waals surface area contributed by atoms with Gasteiger partial charge in [-0.1, -0.05) is 12.1 Å². The second kappa shape index (κ2) is 8.39. The molecule has 9 heteroatoms. The highest BCUT2D eigenvalue weighted by molar-refractivity contribution is 7.89. The zero-order chi connectivity index (χ0) is 18.0. The summed E-state index contributed by atoms with van der Waals surface area (Å²) < 4.78 is 66.2. The van der Waals surface area contributed by atoms with Crippen LogP contribution in [0.5, 0.6) is 0 Å². The fourth-order valence-corrected chi connectivity index (χ4v) is 4.29. The highest BCUT2D eigenvalue weighted by Gasteiger charge is 2.30. The van der Waals surface area contributed by atoms with Gasteiger partial charge in [0.1, 0.15) is 22.3 Å².